The van der Waals surface area contributed by atoms with E-state index in [-0.39, 0.29) is 12.4 Å². The lowest BCUT2D eigenvalue weighted by atomic mass is 10.2. The molecule has 2 aromatic heterocycles. The average molecular weight is 504 g/mol. The van der Waals surface area contributed by atoms with Crippen molar-refractivity contribution in [2.75, 3.05) is 19.4 Å². The van der Waals surface area contributed by atoms with Crippen LogP contribution in [0.3, 0.4) is 0 Å². The highest BCUT2D eigenvalue weighted by atomic mass is 35.5. The summed E-state index contributed by atoms with van der Waals surface area (Å²) in [6, 6.07) is 20.1. The summed E-state index contributed by atoms with van der Waals surface area (Å²) in [4.78, 5) is 1.19. The molecule has 0 aliphatic rings. The molecule has 4 rings (SSSR count). The molecular formula is C23H26ClN5O2S2. The third kappa shape index (κ3) is 7.20. The number of benzene rings is 2. The summed E-state index contributed by atoms with van der Waals surface area (Å²) in [5.41, 5.74) is 2.13. The summed E-state index contributed by atoms with van der Waals surface area (Å²) >= 11 is 3.34. The van der Waals surface area contributed by atoms with Gasteiger partial charge in [0.25, 0.3) is 0 Å². The van der Waals surface area contributed by atoms with Gasteiger partial charge in [-0.25, -0.2) is 0 Å². The normalized spacial score (nSPS) is 10.6. The first-order valence-electron chi connectivity index (χ1n) is 10.3. The van der Waals surface area contributed by atoms with Gasteiger partial charge in [0.15, 0.2) is 11.5 Å². The third-order valence-corrected chi connectivity index (χ3v) is 6.53. The van der Waals surface area contributed by atoms with Gasteiger partial charge in [-0.1, -0.05) is 42.1 Å². The fourth-order valence-corrected chi connectivity index (χ4v) is 4.52. The fraction of sp³-hybridized carbons (Fsp3) is 0.261. The number of nitrogens with zero attached hydrogens (tertiary/aromatic N) is 4. The van der Waals surface area contributed by atoms with Crippen LogP contribution in [0.1, 0.15) is 16.9 Å². The number of halogens is 1. The number of methoxy groups -OCH3 is 1. The van der Waals surface area contributed by atoms with Gasteiger partial charge < -0.3 is 14.8 Å². The van der Waals surface area contributed by atoms with Crippen molar-refractivity contribution in [1.82, 2.24) is 25.5 Å². The van der Waals surface area contributed by atoms with Crippen molar-refractivity contribution in [3.05, 3.63) is 76.5 Å². The highest BCUT2D eigenvalue weighted by molar-refractivity contribution is 7.99. The van der Waals surface area contributed by atoms with Gasteiger partial charge in [-0.15, -0.1) is 28.8 Å². The molecule has 0 saturated carbocycles. The first-order chi connectivity index (χ1) is 15.8. The van der Waals surface area contributed by atoms with E-state index >= 15 is 0 Å². The molecule has 0 aliphatic heterocycles. The summed E-state index contributed by atoms with van der Waals surface area (Å²) in [7, 11) is 1.67. The lowest BCUT2D eigenvalue weighted by Gasteiger charge is -2.12. The Bertz CT molecular complexity index is 1090. The van der Waals surface area contributed by atoms with Crippen LogP contribution >= 0.6 is 35.5 Å². The monoisotopic (exact) mass is 503 g/mol. The largest absolute Gasteiger partial charge is 0.493 e. The first-order valence-corrected chi connectivity index (χ1v) is 12.2. The van der Waals surface area contributed by atoms with E-state index in [9.17, 15) is 0 Å². The number of hydrogen-bond donors (Lipinski definition) is 1. The van der Waals surface area contributed by atoms with Crippen molar-refractivity contribution in [3.63, 3.8) is 0 Å². The van der Waals surface area contributed by atoms with Crippen molar-refractivity contribution in [3.8, 4) is 17.2 Å². The zero-order valence-electron chi connectivity index (χ0n) is 18.2. The molecule has 0 aliphatic carbocycles. The SMILES string of the molecule is COc1cc(CNCCCSc2nnnn2-c2ccccc2)ccc1OCc1cccs1.Cl. The predicted octanol–water partition coefficient (Wildman–Crippen LogP) is 5.01. The van der Waals surface area contributed by atoms with Crippen molar-refractivity contribution in [2.45, 2.75) is 24.7 Å². The second-order valence-electron chi connectivity index (χ2n) is 6.94. The Kier molecular flexibility index (Phi) is 10.0. The summed E-state index contributed by atoms with van der Waals surface area (Å²) in [5, 5.41) is 18.4. The van der Waals surface area contributed by atoms with Crippen molar-refractivity contribution in [1.29, 1.82) is 0 Å². The molecule has 4 aromatic rings. The molecule has 0 bridgehead atoms. The number of ether oxygens (including phenoxy) is 2. The molecule has 0 saturated heterocycles. The Morgan fingerprint density at radius 2 is 1.94 bits per heavy atom. The van der Waals surface area contributed by atoms with E-state index in [0.717, 1.165) is 53.2 Å². The molecule has 0 fully saturated rings. The summed E-state index contributed by atoms with van der Waals surface area (Å²) in [6.45, 7) is 2.23. The van der Waals surface area contributed by atoms with Crippen LogP contribution in [0.2, 0.25) is 0 Å². The Morgan fingerprint density at radius 3 is 2.73 bits per heavy atom. The number of nitrogens with one attached hydrogen (secondary N) is 1. The number of tetrazole rings is 1. The topological polar surface area (TPSA) is 74.1 Å². The van der Waals surface area contributed by atoms with Crippen LogP contribution in [0, 0.1) is 0 Å². The first kappa shape index (κ1) is 25.0. The molecule has 2 aromatic carbocycles. The van der Waals surface area contributed by atoms with E-state index in [1.165, 1.54) is 4.88 Å². The number of para-hydroxylation sites is 1. The maximum absolute atomic E-state index is 5.91. The maximum atomic E-state index is 5.91. The molecule has 0 atom stereocenters. The molecule has 174 valence electrons. The molecule has 0 unspecified atom stereocenters. The lowest BCUT2D eigenvalue weighted by Crippen LogP contribution is -2.15. The zero-order chi connectivity index (χ0) is 22.0. The molecule has 0 radical (unpaired) electrons. The van der Waals surface area contributed by atoms with Crippen LogP contribution in [0.25, 0.3) is 5.69 Å². The molecule has 10 heteroatoms. The third-order valence-electron chi connectivity index (χ3n) is 4.68. The van der Waals surface area contributed by atoms with Crippen molar-refractivity contribution < 1.29 is 9.47 Å². The molecular weight excluding hydrogens is 478 g/mol. The Morgan fingerprint density at radius 1 is 1.06 bits per heavy atom. The van der Waals surface area contributed by atoms with E-state index in [2.05, 4.69) is 33.0 Å². The van der Waals surface area contributed by atoms with Gasteiger partial charge in [0.2, 0.25) is 5.16 Å². The van der Waals surface area contributed by atoms with E-state index < -0.39 is 0 Å². The lowest BCUT2D eigenvalue weighted by molar-refractivity contribution is 0.287. The maximum Gasteiger partial charge on any atom is 0.214 e. The van der Waals surface area contributed by atoms with E-state index in [0.29, 0.717) is 6.61 Å². The molecule has 2 heterocycles. The minimum absolute atomic E-state index is 0. The van der Waals surface area contributed by atoms with Crippen LogP contribution in [-0.4, -0.2) is 39.6 Å². The number of thioether (sulfide) groups is 1. The van der Waals surface area contributed by atoms with Gasteiger partial charge in [0.05, 0.1) is 12.8 Å². The Hall–Kier alpha value is -2.59. The predicted molar refractivity (Wildman–Crippen MR) is 135 cm³/mol. The standard InChI is InChI=1S/C23H25N5O2S2.ClH/c1-29-22-15-18(10-11-21(22)30-17-20-9-5-13-31-20)16-24-12-6-14-32-23-25-26-27-28(23)19-7-3-2-4-8-19;/h2-5,7-11,13,15,24H,6,12,14,16-17H2,1H3;1H. The fourth-order valence-electron chi connectivity index (χ4n) is 3.08. The number of aromatic nitrogens is 4. The van der Waals surface area contributed by atoms with Gasteiger partial charge in [-0.05, 0) is 64.7 Å². The number of hydrogen-bond acceptors (Lipinski definition) is 8. The molecule has 0 amide bonds. The van der Waals surface area contributed by atoms with Gasteiger partial charge in [0, 0.05) is 17.2 Å². The average Bonchev–Trinajstić information content (AvgIpc) is 3.53. The molecule has 0 spiro atoms. The van der Waals surface area contributed by atoms with Gasteiger partial charge in [-0.2, -0.15) is 4.68 Å². The quantitative estimate of drug-likeness (QED) is 0.215. The van der Waals surface area contributed by atoms with Crippen LogP contribution < -0.4 is 14.8 Å². The van der Waals surface area contributed by atoms with Crippen LogP contribution in [-0.2, 0) is 13.2 Å². The second-order valence-corrected chi connectivity index (χ2v) is 9.04. The highest BCUT2D eigenvalue weighted by Crippen LogP contribution is 2.29. The minimum Gasteiger partial charge on any atom is -0.493 e. The molecule has 33 heavy (non-hydrogen) atoms. The van der Waals surface area contributed by atoms with Crippen LogP contribution in [0.4, 0.5) is 0 Å². The van der Waals surface area contributed by atoms with E-state index in [4.69, 9.17) is 9.47 Å². The van der Waals surface area contributed by atoms with Gasteiger partial charge in [0.1, 0.15) is 6.61 Å². The molecule has 1 N–H and O–H groups in total. The van der Waals surface area contributed by atoms with Crippen LogP contribution in [0.15, 0.2) is 71.2 Å². The molecule has 7 nitrogen and oxygen atoms in total. The Labute approximate surface area is 207 Å². The minimum atomic E-state index is 0. The van der Waals surface area contributed by atoms with Crippen molar-refractivity contribution >= 4 is 35.5 Å². The smallest absolute Gasteiger partial charge is 0.214 e. The summed E-state index contributed by atoms with van der Waals surface area (Å²) < 4.78 is 13.2. The van der Waals surface area contributed by atoms with E-state index in [1.54, 1.807) is 34.9 Å². The Balaban J connectivity index is 0.00000306. The zero-order valence-corrected chi connectivity index (χ0v) is 20.7. The van der Waals surface area contributed by atoms with Crippen molar-refractivity contribution in [2.24, 2.45) is 0 Å². The summed E-state index contributed by atoms with van der Waals surface area (Å²) in [5.74, 6) is 2.44. The van der Waals surface area contributed by atoms with Gasteiger partial charge >= 0.3 is 0 Å². The second kappa shape index (κ2) is 13.2. The number of rotatable bonds is 12. The van der Waals surface area contributed by atoms with Gasteiger partial charge in [-0.3, -0.25) is 0 Å². The van der Waals surface area contributed by atoms with E-state index in [1.807, 2.05) is 53.9 Å². The van der Waals surface area contributed by atoms with Crippen LogP contribution in [0.5, 0.6) is 11.5 Å². The number of thiophene rings is 1. The summed E-state index contributed by atoms with van der Waals surface area (Å²) in [6.07, 6.45) is 1.01. The highest BCUT2D eigenvalue weighted by Gasteiger charge is 2.09.